The van der Waals surface area contributed by atoms with E-state index in [2.05, 4.69) is 18.4 Å². The summed E-state index contributed by atoms with van der Waals surface area (Å²) in [7, 11) is 0. The first-order valence-corrected chi connectivity index (χ1v) is 9.12. The van der Waals surface area contributed by atoms with Crippen molar-refractivity contribution in [3.63, 3.8) is 0 Å². The molecule has 0 aliphatic heterocycles. The van der Waals surface area contributed by atoms with E-state index in [1.807, 2.05) is 26.0 Å². The Balaban J connectivity index is 2.88. The standard InChI is InChI=1S/C21H30N2O4/c1-14(2)8-9-23-15(3)10-17(16(23)4)11-18(12-22)20(25)26-13-19(24)27-21(5,6)7/h10-11,14H,8-9,13H2,1-7H3. The molecule has 0 bridgehead atoms. The Kier molecular flexibility index (Phi) is 7.83. The second kappa shape index (κ2) is 9.40. The van der Waals surface area contributed by atoms with Crippen molar-refractivity contribution in [3.8, 4) is 6.07 Å². The lowest BCUT2D eigenvalue weighted by molar-refractivity contribution is -0.164. The van der Waals surface area contributed by atoms with E-state index in [4.69, 9.17) is 9.47 Å². The highest BCUT2D eigenvalue weighted by atomic mass is 16.6. The van der Waals surface area contributed by atoms with Crippen LogP contribution in [-0.4, -0.2) is 28.7 Å². The largest absolute Gasteiger partial charge is 0.457 e. The Morgan fingerprint density at radius 2 is 1.93 bits per heavy atom. The SMILES string of the molecule is Cc1cc(C=C(C#N)C(=O)OCC(=O)OC(C)(C)C)c(C)n1CCC(C)C. The van der Waals surface area contributed by atoms with E-state index in [-0.39, 0.29) is 5.57 Å². The summed E-state index contributed by atoms with van der Waals surface area (Å²) in [6, 6.07) is 3.79. The van der Waals surface area contributed by atoms with Crippen molar-refractivity contribution in [2.45, 2.75) is 67.0 Å². The van der Waals surface area contributed by atoms with Crippen molar-refractivity contribution in [2.75, 3.05) is 6.61 Å². The molecule has 0 atom stereocenters. The van der Waals surface area contributed by atoms with Crippen molar-refractivity contribution < 1.29 is 19.1 Å². The van der Waals surface area contributed by atoms with E-state index in [0.717, 1.165) is 29.9 Å². The lowest BCUT2D eigenvalue weighted by atomic mass is 10.1. The summed E-state index contributed by atoms with van der Waals surface area (Å²) in [5.74, 6) is -0.905. The lowest BCUT2D eigenvalue weighted by Gasteiger charge is -2.19. The molecule has 0 unspecified atom stereocenters. The third kappa shape index (κ3) is 7.30. The molecule has 27 heavy (non-hydrogen) atoms. The summed E-state index contributed by atoms with van der Waals surface area (Å²) in [6.45, 7) is 13.8. The monoisotopic (exact) mass is 374 g/mol. The highest BCUT2D eigenvalue weighted by molar-refractivity contribution is 5.98. The normalized spacial score (nSPS) is 12.0. The van der Waals surface area contributed by atoms with Crippen LogP contribution >= 0.6 is 0 Å². The van der Waals surface area contributed by atoms with Crippen LogP contribution in [0.2, 0.25) is 0 Å². The van der Waals surface area contributed by atoms with Gasteiger partial charge in [0.2, 0.25) is 0 Å². The van der Waals surface area contributed by atoms with Crippen LogP contribution in [0.4, 0.5) is 0 Å². The molecule has 1 rings (SSSR count). The molecule has 6 nitrogen and oxygen atoms in total. The molecule has 0 amide bonds. The average molecular weight is 374 g/mol. The number of hydrogen-bond acceptors (Lipinski definition) is 5. The van der Waals surface area contributed by atoms with Gasteiger partial charge in [-0.3, -0.25) is 0 Å². The Hall–Kier alpha value is -2.55. The first-order chi connectivity index (χ1) is 12.4. The van der Waals surface area contributed by atoms with Gasteiger partial charge in [-0.1, -0.05) is 13.8 Å². The van der Waals surface area contributed by atoms with Crippen molar-refractivity contribution in [1.29, 1.82) is 5.26 Å². The van der Waals surface area contributed by atoms with E-state index in [9.17, 15) is 14.9 Å². The van der Waals surface area contributed by atoms with Gasteiger partial charge in [0.05, 0.1) is 0 Å². The predicted octanol–water partition coefficient (Wildman–Crippen LogP) is 3.94. The number of rotatable bonds is 7. The van der Waals surface area contributed by atoms with Gasteiger partial charge in [0, 0.05) is 17.9 Å². The van der Waals surface area contributed by atoms with Gasteiger partial charge >= 0.3 is 11.9 Å². The molecular weight excluding hydrogens is 344 g/mol. The summed E-state index contributed by atoms with van der Waals surface area (Å²) in [5.41, 5.74) is 2.04. The van der Waals surface area contributed by atoms with Crippen LogP contribution in [0.1, 0.15) is 58.0 Å². The molecule has 0 spiro atoms. The highest BCUT2D eigenvalue weighted by Crippen LogP contribution is 2.20. The van der Waals surface area contributed by atoms with Crippen LogP contribution < -0.4 is 0 Å². The van der Waals surface area contributed by atoms with Crippen molar-refractivity contribution in [2.24, 2.45) is 5.92 Å². The van der Waals surface area contributed by atoms with Gasteiger partial charge in [-0.05, 0) is 64.7 Å². The van der Waals surface area contributed by atoms with Crippen LogP contribution in [0.3, 0.4) is 0 Å². The summed E-state index contributed by atoms with van der Waals surface area (Å²) < 4.78 is 12.2. The van der Waals surface area contributed by atoms with Crippen molar-refractivity contribution in [3.05, 3.63) is 28.6 Å². The second-order valence-electron chi connectivity index (χ2n) is 7.99. The first-order valence-electron chi connectivity index (χ1n) is 9.12. The minimum Gasteiger partial charge on any atom is -0.457 e. The fourth-order valence-corrected chi connectivity index (χ4v) is 2.57. The molecule has 0 saturated heterocycles. The maximum Gasteiger partial charge on any atom is 0.349 e. The summed E-state index contributed by atoms with van der Waals surface area (Å²) in [6.07, 6.45) is 2.55. The maximum atomic E-state index is 12.1. The smallest absolute Gasteiger partial charge is 0.349 e. The summed E-state index contributed by atoms with van der Waals surface area (Å²) in [5, 5.41) is 9.31. The van der Waals surface area contributed by atoms with Gasteiger partial charge in [0.1, 0.15) is 17.2 Å². The number of nitrogens with zero attached hydrogens (tertiary/aromatic N) is 2. The molecule has 0 N–H and O–H groups in total. The average Bonchev–Trinajstić information content (AvgIpc) is 2.80. The zero-order valence-electron chi connectivity index (χ0n) is 17.4. The van der Waals surface area contributed by atoms with Crippen LogP contribution in [0.25, 0.3) is 6.08 Å². The topological polar surface area (TPSA) is 81.3 Å². The first kappa shape index (κ1) is 22.5. The van der Waals surface area contributed by atoms with E-state index in [1.165, 1.54) is 6.08 Å². The molecule has 0 aliphatic carbocycles. The molecule has 1 aromatic heterocycles. The van der Waals surface area contributed by atoms with E-state index in [1.54, 1.807) is 20.8 Å². The fraction of sp³-hybridized carbons (Fsp3) is 0.571. The number of ether oxygens (including phenoxy) is 2. The summed E-state index contributed by atoms with van der Waals surface area (Å²) >= 11 is 0. The van der Waals surface area contributed by atoms with E-state index in [0.29, 0.717) is 5.92 Å². The lowest BCUT2D eigenvalue weighted by Crippen LogP contribution is -2.27. The molecular formula is C21H30N2O4. The van der Waals surface area contributed by atoms with Gasteiger partial charge in [0.15, 0.2) is 6.61 Å². The molecule has 6 heteroatoms. The number of hydrogen-bond donors (Lipinski definition) is 0. The van der Waals surface area contributed by atoms with Crippen LogP contribution in [-0.2, 0) is 25.6 Å². The summed E-state index contributed by atoms with van der Waals surface area (Å²) in [4.78, 5) is 23.8. The molecule has 148 valence electrons. The zero-order chi connectivity index (χ0) is 20.8. The van der Waals surface area contributed by atoms with Crippen molar-refractivity contribution in [1.82, 2.24) is 4.57 Å². The van der Waals surface area contributed by atoms with Gasteiger partial charge in [-0.25, -0.2) is 9.59 Å². The third-order valence-corrected chi connectivity index (χ3v) is 3.92. The predicted molar refractivity (Wildman–Crippen MR) is 104 cm³/mol. The van der Waals surface area contributed by atoms with Gasteiger partial charge in [-0.15, -0.1) is 0 Å². The molecule has 0 aliphatic rings. The molecule has 1 aromatic rings. The number of aryl methyl sites for hydroxylation is 1. The van der Waals surface area contributed by atoms with Gasteiger partial charge < -0.3 is 14.0 Å². The number of aromatic nitrogens is 1. The van der Waals surface area contributed by atoms with Crippen LogP contribution in [0.15, 0.2) is 11.6 Å². The second-order valence-corrected chi connectivity index (χ2v) is 7.99. The molecule has 0 aromatic carbocycles. The van der Waals surface area contributed by atoms with Crippen LogP contribution in [0.5, 0.6) is 0 Å². The Labute approximate surface area is 161 Å². The number of carbonyl (C=O) groups is 2. The number of nitriles is 1. The Morgan fingerprint density at radius 1 is 1.30 bits per heavy atom. The molecule has 0 radical (unpaired) electrons. The Morgan fingerprint density at radius 3 is 2.44 bits per heavy atom. The molecule has 0 fully saturated rings. The van der Waals surface area contributed by atoms with Gasteiger partial charge in [0.25, 0.3) is 0 Å². The Bertz CT molecular complexity index is 758. The number of esters is 2. The fourth-order valence-electron chi connectivity index (χ4n) is 2.57. The van der Waals surface area contributed by atoms with Crippen molar-refractivity contribution >= 4 is 18.0 Å². The quantitative estimate of drug-likeness (QED) is 0.410. The molecule has 1 heterocycles. The highest BCUT2D eigenvalue weighted by Gasteiger charge is 2.19. The van der Waals surface area contributed by atoms with E-state index < -0.39 is 24.1 Å². The van der Waals surface area contributed by atoms with E-state index >= 15 is 0 Å². The minimum atomic E-state index is -0.838. The third-order valence-electron chi connectivity index (χ3n) is 3.92. The zero-order valence-corrected chi connectivity index (χ0v) is 17.4. The number of carbonyl (C=O) groups excluding carboxylic acids is 2. The maximum absolute atomic E-state index is 12.1. The minimum absolute atomic E-state index is 0.150. The molecule has 0 saturated carbocycles. The van der Waals surface area contributed by atoms with Crippen LogP contribution in [0, 0.1) is 31.1 Å². The van der Waals surface area contributed by atoms with Gasteiger partial charge in [-0.2, -0.15) is 5.26 Å².